The van der Waals surface area contributed by atoms with Crippen molar-refractivity contribution in [1.82, 2.24) is 5.32 Å². The zero-order valence-electron chi connectivity index (χ0n) is 11.5. The van der Waals surface area contributed by atoms with Gasteiger partial charge in [-0.1, -0.05) is 13.8 Å². The van der Waals surface area contributed by atoms with Crippen LogP contribution in [0.15, 0.2) is 16.8 Å². The molecule has 17 heavy (non-hydrogen) atoms. The van der Waals surface area contributed by atoms with Gasteiger partial charge >= 0.3 is 0 Å². The molecule has 0 bridgehead atoms. The molecular formula is C14H25NOS. The fourth-order valence-corrected chi connectivity index (χ4v) is 2.68. The highest BCUT2D eigenvalue weighted by Gasteiger charge is 2.32. The third-order valence-corrected chi connectivity index (χ3v) is 4.30. The number of ether oxygens (including phenoxy) is 1. The third kappa shape index (κ3) is 4.09. The first kappa shape index (κ1) is 14.7. The fraction of sp³-hybridized carbons (Fsp3) is 0.714. The summed E-state index contributed by atoms with van der Waals surface area (Å²) < 4.78 is 5.74. The molecule has 98 valence electrons. The minimum atomic E-state index is -0.0862. The first-order chi connectivity index (χ1) is 8.16. The van der Waals surface area contributed by atoms with E-state index in [0.29, 0.717) is 6.04 Å². The Bertz CT molecular complexity index is 293. The predicted octanol–water partition coefficient (Wildman–Crippen LogP) is 3.47. The lowest BCUT2D eigenvalue weighted by atomic mass is 9.89. The maximum atomic E-state index is 5.74. The van der Waals surface area contributed by atoms with Crippen LogP contribution >= 0.6 is 11.3 Å². The van der Waals surface area contributed by atoms with Gasteiger partial charge in [0.1, 0.15) is 0 Å². The first-order valence-electron chi connectivity index (χ1n) is 6.45. The number of rotatable bonds is 8. The summed E-state index contributed by atoms with van der Waals surface area (Å²) in [6.07, 6.45) is 3.22. The van der Waals surface area contributed by atoms with E-state index in [4.69, 9.17) is 4.74 Å². The van der Waals surface area contributed by atoms with Gasteiger partial charge in [-0.3, -0.25) is 0 Å². The Morgan fingerprint density at radius 3 is 2.71 bits per heavy atom. The fourth-order valence-electron chi connectivity index (χ4n) is 2.00. The van der Waals surface area contributed by atoms with Gasteiger partial charge in [0.05, 0.1) is 5.60 Å². The van der Waals surface area contributed by atoms with E-state index in [1.54, 1.807) is 11.3 Å². The number of methoxy groups -OCH3 is 1. The highest BCUT2D eigenvalue weighted by Crippen LogP contribution is 2.23. The van der Waals surface area contributed by atoms with Crippen LogP contribution in [0.2, 0.25) is 0 Å². The van der Waals surface area contributed by atoms with Crippen LogP contribution in [-0.4, -0.2) is 25.3 Å². The van der Waals surface area contributed by atoms with Crippen LogP contribution in [0.25, 0.3) is 0 Å². The highest BCUT2D eigenvalue weighted by molar-refractivity contribution is 7.07. The predicted molar refractivity (Wildman–Crippen MR) is 75.8 cm³/mol. The smallest absolute Gasteiger partial charge is 0.0803 e. The van der Waals surface area contributed by atoms with Crippen LogP contribution in [0.4, 0.5) is 0 Å². The van der Waals surface area contributed by atoms with Gasteiger partial charge in [0.2, 0.25) is 0 Å². The molecule has 0 saturated heterocycles. The average Bonchev–Trinajstić information content (AvgIpc) is 2.86. The summed E-state index contributed by atoms with van der Waals surface area (Å²) in [5.41, 5.74) is 1.32. The quantitative estimate of drug-likeness (QED) is 0.768. The molecule has 2 unspecified atom stereocenters. The van der Waals surface area contributed by atoms with E-state index in [0.717, 1.165) is 25.8 Å². The Balaban J connectivity index is 2.71. The number of hydrogen-bond donors (Lipinski definition) is 1. The summed E-state index contributed by atoms with van der Waals surface area (Å²) in [6, 6.07) is 2.59. The van der Waals surface area contributed by atoms with E-state index in [-0.39, 0.29) is 5.60 Å². The first-order valence-corrected chi connectivity index (χ1v) is 7.40. The van der Waals surface area contributed by atoms with Crippen molar-refractivity contribution in [1.29, 1.82) is 0 Å². The summed E-state index contributed by atoms with van der Waals surface area (Å²) >= 11 is 1.76. The minimum absolute atomic E-state index is 0.0862. The van der Waals surface area contributed by atoms with Crippen molar-refractivity contribution in [3.8, 4) is 0 Å². The summed E-state index contributed by atoms with van der Waals surface area (Å²) in [5.74, 6) is 0. The van der Waals surface area contributed by atoms with Crippen LogP contribution in [-0.2, 0) is 11.2 Å². The van der Waals surface area contributed by atoms with Gasteiger partial charge < -0.3 is 10.1 Å². The maximum absolute atomic E-state index is 5.74. The summed E-state index contributed by atoms with van der Waals surface area (Å²) in [6.45, 7) is 7.64. The molecule has 2 atom stereocenters. The highest BCUT2D eigenvalue weighted by atomic mass is 32.1. The molecule has 1 N–H and O–H groups in total. The van der Waals surface area contributed by atoms with Gasteiger partial charge in [-0.15, -0.1) is 0 Å². The Morgan fingerprint density at radius 1 is 1.47 bits per heavy atom. The molecule has 0 aliphatic carbocycles. The van der Waals surface area contributed by atoms with E-state index < -0.39 is 0 Å². The molecule has 0 amide bonds. The maximum Gasteiger partial charge on any atom is 0.0803 e. The van der Waals surface area contributed by atoms with Crippen LogP contribution in [0.5, 0.6) is 0 Å². The Kier molecular flexibility index (Phi) is 6.17. The SMILES string of the molecule is CCCNC(Cc1ccsc1)C(C)(CC)OC. The third-order valence-electron chi connectivity index (χ3n) is 3.57. The molecule has 1 rings (SSSR count). The summed E-state index contributed by atoms with van der Waals surface area (Å²) in [5, 5.41) is 8.00. The van der Waals surface area contributed by atoms with Gasteiger partial charge in [0.25, 0.3) is 0 Å². The monoisotopic (exact) mass is 255 g/mol. The average molecular weight is 255 g/mol. The lowest BCUT2D eigenvalue weighted by Gasteiger charge is -2.36. The molecule has 1 heterocycles. The molecule has 0 saturated carbocycles. The van der Waals surface area contributed by atoms with Gasteiger partial charge in [0, 0.05) is 13.2 Å². The van der Waals surface area contributed by atoms with Gasteiger partial charge in [-0.2, -0.15) is 11.3 Å². The van der Waals surface area contributed by atoms with Crippen LogP contribution < -0.4 is 5.32 Å². The number of hydrogen-bond acceptors (Lipinski definition) is 3. The van der Waals surface area contributed by atoms with Crippen molar-refractivity contribution in [3.05, 3.63) is 22.4 Å². The van der Waals surface area contributed by atoms with Crippen LogP contribution in [0.1, 0.15) is 39.2 Å². The molecule has 3 heteroatoms. The molecule has 1 aromatic rings. The summed E-state index contributed by atoms with van der Waals surface area (Å²) in [4.78, 5) is 0. The van der Waals surface area contributed by atoms with Gasteiger partial charge in [-0.25, -0.2) is 0 Å². The van der Waals surface area contributed by atoms with E-state index in [1.807, 2.05) is 7.11 Å². The molecule has 0 radical (unpaired) electrons. The Hall–Kier alpha value is -0.380. The van der Waals surface area contributed by atoms with Gasteiger partial charge in [-0.05, 0) is 55.1 Å². The van der Waals surface area contributed by atoms with Crippen LogP contribution in [0, 0.1) is 0 Å². The number of nitrogens with one attached hydrogen (secondary N) is 1. The van der Waals surface area contributed by atoms with E-state index in [2.05, 4.69) is 42.9 Å². The Morgan fingerprint density at radius 2 is 2.24 bits per heavy atom. The molecule has 2 nitrogen and oxygen atoms in total. The zero-order valence-corrected chi connectivity index (χ0v) is 12.3. The minimum Gasteiger partial charge on any atom is -0.377 e. The summed E-state index contributed by atoms with van der Waals surface area (Å²) in [7, 11) is 1.82. The van der Waals surface area contributed by atoms with Crippen LogP contribution in [0.3, 0.4) is 0 Å². The van der Waals surface area contributed by atoms with Crippen molar-refractivity contribution >= 4 is 11.3 Å². The molecule has 0 fully saturated rings. The normalized spacial score (nSPS) is 16.7. The largest absolute Gasteiger partial charge is 0.377 e. The van der Waals surface area contributed by atoms with Crippen molar-refractivity contribution in [3.63, 3.8) is 0 Å². The lowest BCUT2D eigenvalue weighted by Crippen LogP contribution is -2.51. The second-order valence-electron chi connectivity index (χ2n) is 4.71. The van der Waals surface area contributed by atoms with E-state index >= 15 is 0 Å². The van der Waals surface area contributed by atoms with Crippen molar-refractivity contribution in [2.45, 2.75) is 51.7 Å². The molecule has 0 aliphatic heterocycles. The lowest BCUT2D eigenvalue weighted by molar-refractivity contribution is -0.0286. The second kappa shape index (κ2) is 7.14. The molecule has 1 aromatic heterocycles. The Labute approximate surface area is 109 Å². The number of thiophene rings is 1. The topological polar surface area (TPSA) is 21.3 Å². The standard InChI is InChI=1S/C14H25NOS/c1-5-8-15-13(14(3,6-2)16-4)10-12-7-9-17-11-12/h7,9,11,13,15H,5-6,8,10H2,1-4H3. The van der Waals surface area contributed by atoms with Crippen molar-refractivity contribution in [2.24, 2.45) is 0 Å². The second-order valence-corrected chi connectivity index (χ2v) is 5.49. The molecule has 0 aliphatic rings. The molecule has 0 spiro atoms. The van der Waals surface area contributed by atoms with Crippen molar-refractivity contribution in [2.75, 3.05) is 13.7 Å². The van der Waals surface area contributed by atoms with E-state index in [1.165, 1.54) is 5.56 Å². The zero-order chi connectivity index (χ0) is 12.7. The molecule has 0 aromatic carbocycles. The van der Waals surface area contributed by atoms with E-state index in [9.17, 15) is 0 Å². The van der Waals surface area contributed by atoms with Gasteiger partial charge in [0.15, 0.2) is 0 Å². The molecular weight excluding hydrogens is 230 g/mol. The van der Waals surface area contributed by atoms with Crippen molar-refractivity contribution < 1.29 is 4.74 Å².